The van der Waals surface area contributed by atoms with Crippen LogP contribution in [0.15, 0.2) is 30.3 Å². The van der Waals surface area contributed by atoms with Crippen molar-refractivity contribution in [3.8, 4) is 17.0 Å². The van der Waals surface area contributed by atoms with Gasteiger partial charge in [-0.1, -0.05) is 25.5 Å². The minimum absolute atomic E-state index is 0.288. The average molecular weight is 316 g/mol. The van der Waals surface area contributed by atoms with Crippen molar-refractivity contribution in [3.05, 3.63) is 47.4 Å². The molecule has 0 aliphatic heterocycles. The van der Waals surface area contributed by atoms with Gasteiger partial charge in [0.2, 0.25) is 0 Å². The van der Waals surface area contributed by atoms with Crippen LogP contribution < -0.4 is 10.1 Å². The van der Waals surface area contributed by atoms with Crippen LogP contribution in [0.2, 0.25) is 0 Å². The molecule has 1 aromatic heterocycles. The second kappa shape index (κ2) is 7.55. The number of rotatable bonds is 6. The van der Waals surface area contributed by atoms with E-state index in [0.717, 1.165) is 22.6 Å². The van der Waals surface area contributed by atoms with Crippen LogP contribution in [0.3, 0.4) is 0 Å². The Hall–Kier alpha value is -1.94. The molecular formula is C19H25FN2O. The topological polar surface area (TPSA) is 34.1 Å². The predicted octanol–water partition coefficient (Wildman–Crippen LogP) is 4.34. The zero-order chi connectivity index (χ0) is 17.0. The number of nitrogens with zero attached hydrogens (tertiary/aromatic N) is 1. The van der Waals surface area contributed by atoms with Crippen molar-refractivity contribution in [1.82, 2.24) is 10.3 Å². The molecule has 0 aliphatic rings. The summed E-state index contributed by atoms with van der Waals surface area (Å²) >= 11 is 0. The number of methoxy groups -OCH3 is 1. The highest BCUT2D eigenvalue weighted by molar-refractivity contribution is 5.68. The minimum Gasteiger partial charge on any atom is -0.496 e. The van der Waals surface area contributed by atoms with E-state index in [9.17, 15) is 4.39 Å². The lowest BCUT2D eigenvalue weighted by Crippen LogP contribution is -2.30. The molecule has 1 atom stereocenters. The standard InChI is InChI=1S/C19H25FN2O/c1-12(2)14(4)21-11-18-16(20)7-8-17(22-18)15-10-13(3)6-9-19(15)23-5/h6-10,12,14,21H,11H2,1-5H3/t14-/m1/s1. The highest BCUT2D eigenvalue weighted by atomic mass is 19.1. The van der Waals surface area contributed by atoms with E-state index in [2.05, 4.69) is 31.1 Å². The number of benzene rings is 1. The Morgan fingerprint density at radius 1 is 1.17 bits per heavy atom. The molecule has 0 unspecified atom stereocenters. The van der Waals surface area contributed by atoms with Crippen LogP contribution in [0, 0.1) is 18.7 Å². The molecule has 0 fully saturated rings. The van der Waals surface area contributed by atoms with E-state index in [-0.39, 0.29) is 5.82 Å². The van der Waals surface area contributed by atoms with E-state index >= 15 is 0 Å². The molecular weight excluding hydrogens is 291 g/mol. The number of aryl methyl sites for hydroxylation is 1. The first-order valence-electron chi connectivity index (χ1n) is 7.96. The van der Waals surface area contributed by atoms with Gasteiger partial charge >= 0.3 is 0 Å². The van der Waals surface area contributed by atoms with Crippen molar-refractivity contribution in [2.24, 2.45) is 5.92 Å². The number of aromatic nitrogens is 1. The second-order valence-electron chi connectivity index (χ2n) is 6.24. The van der Waals surface area contributed by atoms with E-state index in [1.807, 2.05) is 25.1 Å². The van der Waals surface area contributed by atoms with Crippen molar-refractivity contribution in [2.75, 3.05) is 7.11 Å². The number of nitrogens with one attached hydrogen (secondary N) is 1. The Kier molecular flexibility index (Phi) is 5.72. The molecule has 0 bridgehead atoms. The molecule has 1 N–H and O–H groups in total. The number of ether oxygens (including phenoxy) is 1. The molecule has 1 aromatic carbocycles. The maximum Gasteiger partial charge on any atom is 0.146 e. The zero-order valence-electron chi connectivity index (χ0n) is 14.5. The molecule has 0 radical (unpaired) electrons. The molecule has 0 spiro atoms. The lowest BCUT2D eigenvalue weighted by molar-refractivity contribution is 0.415. The molecule has 2 aromatic rings. The third-order valence-corrected chi connectivity index (χ3v) is 4.14. The highest BCUT2D eigenvalue weighted by Gasteiger charge is 2.13. The average Bonchev–Trinajstić information content (AvgIpc) is 2.53. The molecule has 3 nitrogen and oxygen atoms in total. The highest BCUT2D eigenvalue weighted by Crippen LogP contribution is 2.30. The Bertz CT molecular complexity index is 670. The van der Waals surface area contributed by atoms with Gasteiger partial charge in [0.1, 0.15) is 11.6 Å². The molecule has 2 rings (SSSR count). The minimum atomic E-state index is -0.288. The van der Waals surface area contributed by atoms with Gasteiger partial charge in [-0.15, -0.1) is 0 Å². The summed E-state index contributed by atoms with van der Waals surface area (Å²) in [5, 5.41) is 3.32. The number of hydrogen-bond acceptors (Lipinski definition) is 3. The smallest absolute Gasteiger partial charge is 0.146 e. The van der Waals surface area contributed by atoms with Crippen molar-refractivity contribution in [3.63, 3.8) is 0 Å². The van der Waals surface area contributed by atoms with Crippen LogP contribution in [0.4, 0.5) is 4.39 Å². The predicted molar refractivity (Wildman–Crippen MR) is 92.1 cm³/mol. The number of pyridine rings is 1. The maximum absolute atomic E-state index is 14.1. The second-order valence-corrected chi connectivity index (χ2v) is 6.24. The SMILES string of the molecule is COc1ccc(C)cc1-c1ccc(F)c(CN[C@H](C)C(C)C)n1. The molecule has 0 aliphatic carbocycles. The van der Waals surface area contributed by atoms with E-state index in [4.69, 9.17) is 4.74 Å². The van der Waals surface area contributed by atoms with Gasteiger partial charge in [0.15, 0.2) is 0 Å². The summed E-state index contributed by atoms with van der Waals surface area (Å²) in [6.45, 7) is 8.79. The Balaban J connectivity index is 2.32. The lowest BCUT2D eigenvalue weighted by atomic mass is 10.1. The summed E-state index contributed by atoms with van der Waals surface area (Å²) in [6, 6.07) is 9.37. The van der Waals surface area contributed by atoms with Crippen LogP contribution >= 0.6 is 0 Å². The van der Waals surface area contributed by atoms with Crippen molar-refractivity contribution < 1.29 is 9.13 Å². The third-order valence-electron chi connectivity index (χ3n) is 4.14. The number of halogens is 1. The summed E-state index contributed by atoms with van der Waals surface area (Å²) in [4.78, 5) is 4.51. The van der Waals surface area contributed by atoms with Gasteiger partial charge in [-0.2, -0.15) is 0 Å². The summed E-state index contributed by atoms with van der Waals surface area (Å²) in [5.74, 6) is 0.936. The fourth-order valence-corrected chi connectivity index (χ4v) is 2.27. The van der Waals surface area contributed by atoms with Crippen LogP contribution in [0.1, 0.15) is 32.0 Å². The normalized spacial score (nSPS) is 12.5. The molecule has 0 saturated carbocycles. The number of hydrogen-bond donors (Lipinski definition) is 1. The lowest BCUT2D eigenvalue weighted by Gasteiger charge is -2.17. The van der Waals surface area contributed by atoms with Gasteiger partial charge in [-0.3, -0.25) is 0 Å². The fourth-order valence-electron chi connectivity index (χ4n) is 2.27. The van der Waals surface area contributed by atoms with E-state index < -0.39 is 0 Å². The molecule has 23 heavy (non-hydrogen) atoms. The first-order valence-corrected chi connectivity index (χ1v) is 7.96. The van der Waals surface area contributed by atoms with E-state index in [0.29, 0.717) is 24.2 Å². The van der Waals surface area contributed by atoms with Crippen LogP contribution in [-0.2, 0) is 6.54 Å². The quantitative estimate of drug-likeness (QED) is 0.861. The zero-order valence-corrected chi connectivity index (χ0v) is 14.5. The summed E-state index contributed by atoms with van der Waals surface area (Å²) in [6.07, 6.45) is 0. The summed E-state index contributed by atoms with van der Waals surface area (Å²) < 4.78 is 19.5. The largest absolute Gasteiger partial charge is 0.496 e. The van der Waals surface area contributed by atoms with Crippen molar-refractivity contribution in [1.29, 1.82) is 0 Å². The van der Waals surface area contributed by atoms with Gasteiger partial charge in [0, 0.05) is 18.2 Å². The summed E-state index contributed by atoms with van der Waals surface area (Å²) in [7, 11) is 1.63. The van der Waals surface area contributed by atoms with Crippen molar-refractivity contribution >= 4 is 0 Å². The van der Waals surface area contributed by atoms with Crippen LogP contribution in [0.25, 0.3) is 11.3 Å². The molecule has 124 valence electrons. The van der Waals surface area contributed by atoms with Crippen molar-refractivity contribution in [2.45, 2.75) is 40.3 Å². The monoisotopic (exact) mass is 316 g/mol. The third kappa shape index (κ3) is 4.29. The van der Waals surface area contributed by atoms with Gasteiger partial charge < -0.3 is 10.1 Å². The Morgan fingerprint density at radius 2 is 1.91 bits per heavy atom. The molecule has 0 saturated heterocycles. The van der Waals surface area contributed by atoms with Crippen LogP contribution in [-0.4, -0.2) is 18.1 Å². The molecule has 0 amide bonds. The molecule has 1 heterocycles. The van der Waals surface area contributed by atoms with E-state index in [1.165, 1.54) is 6.07 Å². The fraction of sp³-hybridized carbons (Fsp3) is 0.421. The van der Waals surface area contributed by atoms with Gasteiger partial charge in [0.05, 0.1) is 18.5 Å². The first kappa shape index (κ1) is 17.4. The first-order chi connectivity index (χ1) is 10.9. The van der Waals surface area contributed by atoms with Gasteiger partial charge in [-0.25, -0.2) is 9.37 Å². The molecule has 4 heteroatoms. The van der Waals surface area contributed by atoms with Gasteiger partial charge in [0.25, 0.3) is 0 Å². The van der Waals surface area contributed by atoms with Crippen LogP contribution in [0.5, 0.6) is 5.75 Å². The van der Waals surface area contributed by atoms with E-state index in [1.54, 1.807) is 13.2 Å². The Morgan fingerprint density at radius 3 is 2.57 bits per heavy atom. The summed E-state index contributed by atoms with van der Waals surface area (Å²) in [5.41, 5.74) is 3.14. The maximum atomic E-state index is 14.1. The Labute approximate surface area is 137 Å². The van der Waals surface area contributed by atoms with Gasteiger partial charge in [-0.05, 0) is 44.0 Å².